The maximum absolute atomic E-state index is 12.7. The number of para-hydroxylation sites is 1. The summed E-state index contributed by atoms with van der Waals surface area (Å²) in [5, 5.41) is 9.65. The zero-order valence-electron chi connectivity index (χ0n) is 13.5. The maximum Gasteiger partial charge on any atom is 0.416 e. The number of carboxylic acids is 1. The van der Waals surface area contributed by atoms with Crippen molar-refractivity contribution in [2.45, 2.75) is 19.0 Å². The topological polar surface area (TPSA) is 50.2 Å². The molecule has 1 aromatic heterocycles. The lowest BCUT2D eigenvalue weighted by atomic mass is 10.1. The highest BCUT2D eigenvalue weighted by molar-refractivity contribution is 7.19. The number of benzene rings is 2. The molecule has 0 radical (unpaired) electrons. The van der Waals surface area contributed by atoms with Gasteiger partial charge in [0, 0.05) is 6.42 Å². The second kappa shape index (κ2) is 7.29. The molecule has 0 amide bonds. The molecule has 0 fully saturated rings. The minimum atomic E-state index is -4.39. The Bertz CT molecular complexity index is 926. The van der Waals surface area contributed by atoms with Crippen molar-refractivity contribution in [1.29, 1.82) is 0 Å². The number of carboxylic acid groups (broad SMARTS) is 1. The third kappa shape index (κ3) is 4.29. The van der Waals surface area contributed by atoms with Crippen LogP contribution in [0.3, 0.4) is 0 Å². The molecule has 0 aliphatic carbocycles. The molecule has 2 aromatic carbocycles. The van der Waals surface area contributed by atoms with Crippen LogP contribution in [0.2, 0.25) is 0 Å². The number of carbonyl (C=O) groups is 1. The quantitative estimate of drug-likeness (QED) is 0.619. The van der Waals surface area contributed by atoms with Gasteiger partial charge in [-0.05, 0) is 47.9 Å². The number of allylic oxidation sites excluding steroid dienone is 1. The van der Waals surface area contributed by atoms with Crippen molar-refractivity contribution < 1.29 is 23.1 Å². The largest absolute Gasteiger partial charge is 0.481 e. The molecule has 0 bridgehead atoms. The standard InChI is InChI=1S/C19H14F3NO2S/c20-19(21,22)14-8-5-12(6-9-14)11-13(7-10-17(24)25)18-23-15-3-1-2-4-16(15)26-18/h1-6,8-9,11H,7,10H2,(H,24,25)/b13-11+. The zero-order chi connectivity index (χ0) is 18.7. The number of aliphatic carboxylic acids is 1. The number of halogens is 3. The van der Waals surface area contributed by atoms with E-state index in [-0.39, 0.29) is 12.8 Å². The average molecular weight is 377 g/mol. The lowest BCUT2D eigenvalue weighted by Crippen LogP contribution is -2.04. The number of rotatable bonds is 5. The van der Waals surface area contributed by atoms with Gasteiger partial charge in [0.1, 0.15) is 5.01 Å². The fraction of sp³-hybridized carbons (Fsp3) is 0.158. The highest BCUT2D eigenvalue weighted by Gasteiger charge is 2.29. The van der Waals surface area contributed by atoms with Gasteiger partial charge in [0.05, 0.1) is 15.8 Å². The third-order valence-electron chi connectivity index (χ3n) is 3.76. The van der Waals surface area contributed by atoms with E-state index in [2.05, 4.69) is 4.98 Å². The Morgan fingerprint density at radius 2 is 1.77 bits per heavy atom. The summed E-state index contributed by atoms with van der Waals surface area (Å²) in [6.45, 7) is 0. The predicted molar refractivity (Wildman–Crippen MR) is 95.8 cm³/mol. The first-order chi connectivity index (χ1) is 12.3. The van der Waals surface area contributed by atoms with Crippen molar-refractivity contribution in [2.24, 2.45) is 0 Å². The molecule has 0 aliphatic rings. The lowest BCUT2D eigenvalue weighted by molar-refractivity contribution is -0.138. The van der Waals surface area contributed by atoms with E-state index >= 15 is 0 Å². The fourth-order valence-corrected chi connectivity index (χ4v) is 3.47. The van der Waals surface area contributed by atoms with Crippen molar-refractivity contribution >= 4 is 39.2 Å². The molecule has 0 unspecified atom stereocenters. The van der Waals surface area contributed by atoms with E-state index in [0.717, 1.165) is 22.3 Å². The highest BCUT2D eigenvalue weighted by Crippen LogP contribution is 2.32. The molecular formula is C19H14F3NO2S. The van der Waals surface area contributed by atoms with Gasteiger partial charge in [0.2, 0.25) is 0 Å². The van der Waals surface area contributed by atoms with Crippen LogP contribution in [-0.2, 0) is 11.0 Å². The van der Waals surface area contributed by atoms with E-state index in [1.54, 1.807) is 6.08 Å². The highest BCUT2D eigenvalue weighted by atomic mass is 32.1. The molecule has 26 heavy (non-hydrogen) atoms. The van der Waals surface area contributed by atoms with E-state index in [1.165, 1.54) is 23.5 Å². The van der Waals surface area contributed by atoms with Gasteiger partial charge in [-0.1, -0.05) is 24.3 Å². The Labute approximate surface area is 151 Å². The number of hydrogen-bond acceptors (Lipinski definition) is 3. The van der Waals surface area contributed by atoms with Crippen LogP contribution in [0.25, 0.3) is 21.9 Å². The Morgan fingerprint density at radius 1 is 1.08 bits per heavy atom. The van der Waals surface area contributed by atoms with Crippen molar-refractivity contribution in [3.05, 3.63) is 64.7 Å². The minimum absolute atomic E-state index is 0.0810. The number of thiazole rings is 1. The van der Waals surface area contributed by atoms with Crippen molar-refractivity contribution in [3.63, 3.8) is 0 Å². The number of aromatic nitrogens is 1. The molecule has 0 saturated carbocycles. The van der Waals surface area contributed by atoms with Crippen molar-refractivity contribution in [1.82, 2.24) is 4.98 Å². The monoisotopic (exact) mass is 377 g/mol. The fourth-order valence-electron chi connectivity index (χ4n) is 2.46. The summed E-state index contributed by atoms with van der Waals surface area (Å²) in [5.41, 5.74) is 1.34. The van der Waals surface area contributed by atoms with Crippen LogP contribution in [-0.4, -0.2) is 16.1 Å². The Hall–Kier alpha value is -2.67. The first kappa shape index (κ1) is 18.1. The number of alkyl halides is 3. The smallest absolute Gasteiger partial charge is 0.416 e. The average Bonchev–Trinajstić information content (AvgIpc) is 3.02. The molecule has 3 aromatic rings. The van der Waals surface area contributed by atoms with Gasteiger partial charge >= 0.3 is 12.1 Å². The van der Waals surface area contributed by atoms with Gasteiger partial charge < -0.3 is 5.11 Å². The van der Waals surface area contributed by atoms with Crippen LogP contribution >= 0.6 is 11.3 Å². The summed E-state index contributed by atoms with van der Waals surface area (Å²) in [6, 6.07) is 12.3. The third-order valence-corrected chi connectivity index (χ3v) is 4.87. The van der Waals surface area contributed by atoms with Gasteiger partial charge in [-0.3, -0.25) is 4.79 Å². The summed E-state index contributed by atoms with van der Waals surface area (Å²) >= 11 is 1.43. The van der Waals surface area contributed by atoms with E-state index in [4.69, 9.17) is 5.11 Å². The van der Waals surface area contributed by atoms with Gasteiger partial charge in [0.25, 0.3) is 0 Å². The van der Waals surface area contributed by atoms with Crippen LogP contribution in [0.1, 0.15) is 29.0 Å². The molecule has 3 rings (SSSR count). The maximum atomic E-state index is 12.7. The van der Waals surface area contributed by atoms with Gasteiger partial charge in [-0.15, -0.1) is 11.3 Å². The molecular weight excluding hydrogens is 363 g/mol. The SMILES string of the molecule is O=C(O)CC/C(=C\c1ccc(C(F)(F)F)cc1)c1nc2ccccc2s1. The Kier molecular flexibility index (Phi) is 5.08. The predicted octanol–water partition coefficient (Wildman–Crippen LogP) is 5.72. The molecule has 3 nitrogen and oxygen atoms in total. The van der Waals surface area contributed by atoms with Crippen LogP contribution < -0.4 is 0 Å². The second-order valence-corrected chi connectivity index (χ2v) is 6.70. The first-order valence-electron chi connectivity index (χ1n) is 7.78. The molecule has 0 spiro atoms. The van der Waals surface area contributed by atoms with Crippen molar-refractivity contribution in [3.8, 4) is 0 Å². The molecule has 1 heterocycles. The molecule has 1 N–H and O–H groups in total. The second-order valence-electron chi connectivity index (χ2n) is 5.67. The van der Waals surface area contributed by atoms with Gasteiger partial charge in [-0.2, -0.15) is 13.2 Å². The summed E-state index contributed by atoms with van der Waals surface area (Å²) in [6.07, 6.45) is -2.53. The van der Waals surface area contributed by atoms with Gasteiger partial charge in [0.15, 0.2) is 0 Å². The van der Waals surface area contributed by atoms with Crippen LogP contribution in [0, 0.1) is 0 Å². The molecule has 134 valence electrons. The number of hydrogen-bond donors (Lipinski definition) is 1. The lowest BCUT2D eigenvalue weighted by Gasteiger charge is -2.07. The number of fused-ring (bicyclic) bond motifs is 1. The zero-order valence-corrected chi connectivity index (χ0v) is 14.3. The van der Waals surface area contributed by atoms with E-state index in [9.17, 15) is 18.0 Å². The molecule has 0 aliphatic heterocycles. The van der Waals surface area contributed by atoms with Crippen LogP contribution in [0.5, 0.6) is 0 Å². The van der Waals surface area contributed by atoms with Crippen LogP contribution in [0.4, 0.5) is 13.2 Å². The van der Waals surface area contributed by atoms with E-state index < -0.39 is 17.7 Å². The minimum Gasteiger partial charge on any atom is -0.481 e. The van der Waals surface area contributed by atoms with Crippen LogP contribution in [0.15, 0.2) is 48.5 Å². The summed E-state index contributed by atoms with van der Waals surface area (Å²) in [7, 11) is 0. The van der Waals surface area contributed by atoms with Crippen molar-refractivity contribution in [2.75, 3.05) is 0 Å². The Morgan fingerprint density at radius 3 is 2.38 bits per heavy atom. The van der Waals surface area contributed by atoms with E-state index in [0.29, 0.717) is 16.1 Å². The number of nitrogens with zero attached hydrogens (tertiary/aromatic N) is 1. The normalized spacial score (nSPS) is 12.5. The first-order valence-corrected chi connectivity index (χ1v) is 8.60. The molecule has 0 saturated heterocycles. The summed E-state index contributed by atoms with van der Waals surface area (Å²) in [4.78, 5) is 15.5. The van der Waals surface area contributed by atoms with E-state index in [1.807, 2.05) is 24.3 Å². The molecule has 7 heteroatoms. The summed E-state index contributed by atoms with van der Waals surface area (Å²) in [5.74, 6) is -0.940. The Balaban J connectivity index is 1.97. The summed E-state index contributed by atoms with van der Waals surface area (Å²) < 4.78 is 39.0. The molecule has 0 atom stereocenters. The van der Waals surface area contributed by atoms with Gasteiger partial charge in [-0.25, -0.2) is 4.98 Å².